The molecule has 0 aromatic heterocycles. The number of rotatable bonds is 5. The van der Waals surface area contributed by atoms with Crippen LogP contribution < -0.4 is 5.32 Å². The van der Waals surface area contributed by atoms with Crippen molar-refractivity contribution in [2.45, 2.75) is 6.92 Å². The monoisotopic (exact) mass is 320 g/mol. The zero-order chi connectivity index (χ0) is 17.4. The van der Waals surface area contributed by atoms with Crippen molar-refractivity contribution in [3.05, 3.63) is 71.3 Å². The number of nitrogens with zero attached hydrogens (tertiary/aromatic N) is 1. The summed E-state index contributed by atoms with van der Waals surface area (Å²) in [6, 6.07) is 16.1. The summed E-state index contributed by atoms with van der Waals surface area (Å²) in [6.07, 6.45) is 2.93. The Hall–Kier alpha value is -3.39. The second-order valence-corrected chi connectivity index (χ2v) is 5.04. The standard InChI is InChI=1S/C19H16N2O3/c1-14-5-2-3-7-16(14)9-10-19(23)24-13-18(22)21-17-8-4-6-15(11-17)12-20/h2-11H,13H2,1H3,(H,21,22)/b10-9+. The lowest BCUT2D eigenvalue weighted by molar-refractivity contribution is -0.142. The summed E-state index contributed by atoms with van der Waals surface area (Å²) in [4.78, 5) is 23.4. The molecule has 0 fully saturated rings. The maximum Gasteiger partial charge on any atom is 0.331 e. The Bertz CT molecular complexity index is 819. The smallest absolute Gasteiger partial charge is 0.331 e. The third-order valence-electron chi connectivity index (χ3n) is 3.21. The number of benzene rings is 2. The first kappa shape index (κ1) is 17.0. The van der Waals surface area contributed by atoms with E-state index in [2.05, 4.69) is 5.32 Å². The van der Waals surface area contributed by atoms with Gasteiger partial charge in [0.15, 0.2) is 6.61 Å². The average molecular weight is 320 g/mol. The fraction of sp³-hybridized carbons (Fsp3) is 0.105. The Kier molecular flexibility index (Phi) is 5.87. The normalized spacial score (nSPS) is 10.2. The van der Waals surface area contributed by atoms with E-state index in [0.717, 1.165) is 11.1 Å². The second-order valence-electron chi connectivity index (χ2n) is 5.04. The molecule has 0 aliphatic heterocycles. The number of nitrogens with one attached hydrogen (secondary N) is 1. The molecule has 0 atom stereocenters. The van der Waals surface area contributed by atoms with Crippen molar-refractivity contribution in [3.63, 3.8) is 0 Å². The van der Waals surface area contributed by atoms with Gasteiger partial charge in [-0.25, -0.2) is 4.79 Å². The number of carbonyl (C=O) groups excluding carboxylic acids is 2. The van der Waals surface area contributed by atoms with E-state index in [1.807, 2.05) is 37.3 Å². The fourth-order valence-corrected chi connectivity index (χ4v) is 1.98. The number of ether oxygens (including phenoxy) is 1. The van der Waals surface area contributed by atoms with Crippen molar-refractivity contribution in [2.75, 3.05) is 11.9 Å². The van der Waals surface area contributed by atoms with Crippen LogP contribution in [0.4, 0.5) is 5.69 Å². The first-order valence-corrected chi connectivity index (χ1v) is 7.29. The van der Waals surface area contributed by atoms with Gasteiger partial charge < -0.3 is 10.1 Å². The molecule has 1 amide bonds. The summed E-state index contributed by atoms with van der Waals surface area (Å²) >= 11 is 0. The van der Waals surface area contributed by atoms with Crippen LogP contribution in [-0.2, 0) is 14.3 Å². The maximum atomic E-state index is 11.7. The van der Waals surface area contributed by atoms with Gasteiger partial charge in [-0.2, -0.15) is 5.26 Å². The van der Waals surface area contributed by atoms with Crippen LogP contribution >= 0.6 is 0 Å². The molecule has 0 heterocycles. The van der Waals surface area contributed by atoms with Crippen molar-refractivity contribution < 1.29 is 14.3 Å². The Morgan fingerprint density at radius 2 is 2.00 bits per heavy atom. The van der Waals surface area contributed by atoms with Crippen LogP contribution in [-0.4, -0.2) is 18.5 Å². The highest BCUT2D eigenvalue weighted by Crippen LogP contribution is 2.10. The van der Waals surface area contributed by atoms with Gasteiger partial charge in [-0.05, 0) is 42.3 Å². The summed E-state index contributed by atoms with van der Waals surface area (Å²) in [7, 11) is 0. The van der Waals surface area contributed by atoms with E-state index in [0.29, 0.717) is 11.3 Å². The number of amides is 1. The largest absolute Gasteiger partial charge is 0.452 e. The average Bonchev–Trinajstić information content (AvgIpc) is 2.59. The summed E-state index contributed by atoms with van der Waals surface area (Å²) < 4.78 is 4.89. The lowest BCUT2D eigenvalue weighted by Gasteiger charge is -2.05. The van der Waals surface area contributed by atoms with Crippen LogP contribution in [0.2, 0.25) is 0 Å². The van der Waals surface area contributed by atoms with Crippen LogP contribution in [0.15, 0.2) is 54.6 Å². The molecule has 0 spiro atoms. The fourth-order valence-electron chi connectivity index (χ4n) is 1.98. The van der Waals surface area contributed by atoms with Gasteiger partial charge >= 0.3 is 5.97 Å². The highest BCUT2D eigenvalue weighted by Gasteiger charge is 2.06. The molecule has 0 unspecified atom stereocenters. The summed E-state index contributed by atoms with van der Waals surface area (Å²) in [5.74, 6) is -1.07. The molecule has 0 bridgehead atoms. The minimum absolute atomic E-state index is 0.395. The predicted molar refractivity (Wildman–Crippen MR) is 91.0 cm³/mol. The van der Waals surface area contributed by atoms with Gasteiger partial charge in [-0.15, -0.1) is 0 Å². The number of esters is 1. The topological polar surface area (TPSA) is 79.2 Å². The number of anilines is 1. The molecule has 0 radical (unpaired) electrons. The molecular formula is C19H16N2O3. The van der Waals surface area contributed by atoms with Gasteiger partial charge in [0, 0.05) is 11.8 Å². The van der Waals surface area contributed by atoms with Crippen LogP contribution in [0.5, 0.6) is 0 Å². The SMILES string of the molecule is Cc1ccccc1/C=C/C(=O)OCC(=O)Nc1cccc(C#N)c1. The molecule has 2 aromatic carbocycles. The summed E-state index contributed by atoms with van der Waals surface area (Å²) in [5.41, 5.74) is 2.86. The van der Waals surface area contributed by atoms with Crippen LogP contribution in [0.3, 0.4) is 0 Å². The van der Waals surface area contributed by atoms with Crippen molar-refractivity contribution in [1.29, 1.82) is 5.26 Å². The Morgan fingerprint density at radius 1 is 1.21 bits per heavy atom. The van der Waals surface area contributed by atoms with E-state index in [1.54, 1.807) is 24.3 Å². The highest BCUT2D eigenvalue weighted by atomic mass is 16.5. The number of aryl methyl sites for hydroxylation is 1. The molecule has 0 aliphatic rings. The Balaban J connectivity index is 1.84. The summed E-state index contributed by atoms with van der Waals surface area (Å²) in [5, 5.41) is 11.4. The second kappa shape index (κ2) is 8.30. The predicted octanol–water partition coefficient (Wildman–Crippen LogP) is 3.06. The molecule has 0 saturated carbocycles. The molecule has 0 saturated heterocycles. The first-order chi connectivity index (χ1) is 11.6. The van der Waals surface area contributed by atoms with E-state index in [4.69, 9.17) is 10.00 Å². The molecule has 5 heteroatoms. The minimum atomic E-state index is -0.598. The molecule has 5 nitrogen and oxygen atoms in total. The lowest BCUT2D eigenvalue weighted by atomic mass is 10.1. The third kappa shape index (κ3) is 5.11. The van der Waals surface area contributed by atoms with Crippen LogP contribution in [0.25, 0.3) is 6.08 Å². The number of nitriles is 1. The molecule has 120 valence electrons. The van der Waals surface area contributed by atoms with Crippen molar-refractivity contribution in [3.8, 4) is 6.07 Å². The first-order valence-electron chi connectivity index (χ1n) is 7.29. The highest BCUT2D eigenvalue weighted by molar-refractivity contribution is 5.94. The zero-order valence-electron chi connectivity index (χ0n) is 13.2. The molecule has 1 N–H and O–H groups in total. The maximum absolute atomic E-state index is 11.7. The molecule has 2 aromatic rings. The van der Waals surface area contributed by atoms with Gasteiger partial charge in [-0.3, -0.25) is 4.79 Å². The van der Waals surface area contributed by atoms with Crippen molar-refractivity contribution in [2.24, 2.45) is 0 Å². The van der Waals surface area contributed by atoms with Crippen molar-refractivity contribution in [1.82, 2.24) is 0 Å². The van der Waals surface area contributed by atoms with E-state index in [9.17, 15) is 9.59 Å². The minimum Gasteiger partial charge on any atom is -0.452 e. The van der Waals surface area contributed by atoms with Crippen LogP contribution in [0.1, 0.15) is 16.7 Å². The van der Waals surface area contributed by atoms with Gasteiger partial charge in [0.2, 0.25) is 0 Å². The summed E-state index contributed by atoms with van der Waals surface area (Å²) in [6.45, 7) is 1.54. The number of hydrogen-bond donors (Lipinski definition) is 1. The van der Waals surface area contributed by atoms with E-state index in [1.165, 1.54) is 12.1 Å². The van der Waals surface area contributed by atoms with Gasteiger partial charge in [0.1, 0.15) is 0 Å². The molecular weight excluding hydrogens is 304 g/mol. The van der Waals surface area contributed by atoms with Crippen molar-refractivity contribution >= 4 is 23.6 Å². The number of hydrogen-bond acceptors (Lipinski definition) is 4. The molecule has 2 rings (SSSR count). The third-order valence-corrected chi connectivity index (χ3v) is 3.21. The Labute approximate surface area is 140 Å². The van der Waals surface area contributed by atoms with E-state index >= 15 is 0 Å². The van der Waals surface area contributed by atoms with Gasteiger partial charge in [0.25, 0.3) is 5.91 Å². The van der Waals surface area contributed by atoms with Gasteiger partial charge in [-0.1, -0.05) is 30.3 Å². The quantitative estimate of drug-likeness (QED) is 0.678. The van der Waals surface area contributed by atoms with E-state index < -0.39 is 18.5 Å². The Morgan fingerprint density at radius 3 is 2.75 bits per heavy atom. The number of carbonyl (C=O) groups is 2. The lowest BCUT2D eigenvalue weighted by Crippen LogP contribution is -2.20. The van der Waals surface area contributed by atoms with Crippen LogP contribution in [0, 0.1) is 18.3 Å². The van der Waals surface area contributed by atoms with Gasteiger partial charge in [0.05, 0.1) is 11.6 Å². The van der Waals surface area contributed by atoms with E-state index in [-0.39, 0.29) is 0 Å². The molecule has 0 aliphatic carbocycles. The zero-order valence-corrected chi connectivity index (χ0v) is 13.2. The molecule has 24 heavy (non-hydrogen) atoms.